The second-order valence-electron chi connectivity index (χ2n) is 4.96. The van der Waals surface area contributed by atoms with E-state index in [-0.39, 0.29) is 5.41 Å². The minimum atomic E-state index is -0.275. The molecule has 0 aliphatic heterocycles. The maximum Gasteiger partial charge on any atom is 0.0684 e. The van der Waals surface area contributed by atoms with Crippen LogP contribution in [0, 0.1) is 16.7 Å². The molecule has 0 radical (unpaired) electrons. The average Bonchev–Trinajstić information content (AvgIpc) is 2.69. The van der Waals surface area contributed by atoms with Crippen molar-refractivity contribution in [1.82, 2.24) is 4.57 Å². The SMILES string of the molecule is CC(C)(C#N)CCn1ccc2cc(Cl)ccc21. The summed E-state index contributed by atoms with van der Waals surface area (Å²) in [4.78, 5) is 0. The second-order valence-corrected chi connectivity index (χ2v) is 5.39. The minimum Gasteiger partial charge on any atom is -0.347 e. The highest BCUT2D eigenvalue weighted by Gasteiger charge is 2.16. The van der Waals surface area contributed by atoms with Crippen LogP contribution in [0.25, 0.3) is 10.9 Å². The molecule has 2 nitrogen and oxygen atoms in total. The molecule has 0 spiro atoms. The summed E-state index contributed by atoms with van der Waals surface area (Å²) >= 11 is 5.95. The van der Waals surface area contributed by atoms with Crippen LogP contribution in [0.4, 0.5) is 0 Å². The van der Waals surface area contributed by atoms with Crippen molar-refractivity contribution in [1.29, 1.82) is 5.26 Å². The van der Waals surface area contributed by atoms with Crippen molar-refractivity contribution in [2.24, 2.45) is 5.41 Å². The Morgan fingerprint density at radius 3 is 2.82 bits per heavy atom. The Morgan fingerprint density at radius 1 is 1.35 bits per heavy atom. The zero-order chi connectivity index (χ0) is 12.5. The molecular weight excluding hydrogens is 232 g/mol. The fourth-order valence-corrected chi connectivity index (χ4v) is 2.00. The van der Waals surface area contributed by atoms with Crippen molar-refractivity contribution in [2.45, 2.75) is 26.8 Å². The number of halogens is 1. The highest BCUT2D eigenvalue weighted by molar-refractivity contribution is 6.31. The van der Waals surface area contributed by atoms with E-state index in [1.807, 2.05) is 32.0 Å². The van der Waals surface area contributed by atoms with Crippen LogP contribution < -0.4 is 0 Å². The molecule has 0 saturated carbocycles. The summed E-state index contributed by atoms with van der Waals surface area (Å²) < 4.78 is 2.17. The molecule has 3 heteroatoms. The molecule has 0 saturated heterocycles. The molecule has 0 bridgehead atoms. The molecule has 0 amide bonds. The predicted molar refractivity (Wildman–Crippen MR) is 71.0 cm³/mol. The summed E-state index contributed by atoms with van der Waals surface area (Å²) in [5, 5.41) is 10.9. The van der Waals surface area contributed by atoms with Gasteiger partial charge in [0, 0.05) is 28.7 Å². The number of aryl methyl sites for hydroxylation is 1. The van der Waals surface area contributed by atoms with Gasteiger partial charge < -0.3 is 4.57 Å². The van der Waals surface area contributed by atoms with Gasteiger partial charge in [0.1, 0.15) is 0 Å². The van der Waals surface area contributed by atoms with Crippen molar-refractivity contribution in [3.05, 3.63) is 35.5 Å². The van der Waals surface area contributed by atoms with Crippen LogP contribution in [0.1, 0.15) is 20.3 Å². The third-order valence-corrected chi connectivity index (χ3v) is 3.25. The highest BCUT2D eigenvalue weighted by Crippen LogP contribution is 2.24. The lowest BCUT2D eigenvalue weighted by atomic mass is 9.91. The Morgan fingerprint density at radius 2 is 2.12 bits per heavy atom. The number of nitrogens with zero attached hydrogens (tertiary/aromatic N) is 2. The largest absolute Gasteiger partial charge is 0.347 e. The van der Waals surface area contributed by atoms with Gasteiger partial charge in [-0.1, -0.05) is 11.6 Å². The van der Waals surface area contributed by atoms with Crippen LogP contribution in [0.5, 0.6) is 0 Å². The van der Waals surface area contributed by atoms with Crippen LogP contribution in [0.2, 0.25) is 5.02 Å². The number of aromatic nitrogens is 1. The van der Waals surface area contributed by atoms with Crippen molar-refractivity contribution in [2.75, 3.05) is 0 Å². The summed E-state index contributed by atoms with van der Waals surface area (Å²) in [6.07, 6.45) is 2.89. The normalized spacial score (nSPS) is 11.6. The monoisotopic (exact) mass is 246 g/mol. The van der Waals surface area contributed by atoms with Gasteiger partial charge in [-0.3, -0.25) is 0 Å². The first-order valence-corrected chi connectivity index (χ1v) is 6.05. The van der Waals surface area contributed by atoms with E-state index < -0.39 is 0 Å². The van der Waals surface area contributed by atoms with Gasteiger partial charge in [-0.2, -0.15) is 5.26 Å². The first-order valence-electron chi connectivity index (χ1n) is 5.67. The van der Waals surface area contributed by atoms with Gasteiger partial charge in [0.2, 0.25) is 0 Å². The summed E-state index contributed by atoms with van der Waals surface area (Å²) in [6, 6.07) is 10.3. The molecule has 1 heterocycles. The molecule has 1 aromatic heterocycles. The molecule has 0 atom stereocenters. The maximum atomic E-state index is 9.00. The van der Waals surface area contributed by atoms with Crippen LogP contribution in [-0.2, 0) is 6.54 Å². The molecule has 88 valence electrons. The summed E-state index contributed by atoms with van der Waals surface area (Å²) in [5.74, 6) is 0. The second kappa shape index (κ2) is 4.43. The number of hydrogen-bond donors (Lipinski definition) is 0. The smallest absolute Gasteiger partial charge is 0.0684 e. The summed E-state index contributed by atoms with van der Waals surface area (Å²) in [5.41, 5.74) is 0.895. The standard InChI is InChI=1S/C14H15ClN2/c1-14(2,10-16)6-8-17-7-5-11-9-12(15)3-4-13(11)17/h3-5,7,9H,6,8H2,1-2H3. The van der Waals surface area contributed by atoms with Gasteiger partial charge in [0.15, 0.2) is 0 Å². The lowest BCUT2D eigenvalue weighted by Crippen LogP contribution is -2.11. The molecular formula is C14H15ClN2. The lowest BCUT2D eigenvalue weighted by molar-refractivity contribution is 0.417. The van der Waals surface area contributed by atoms with E-state index in [4.69, 9.17) is 16.9 Å². The van der Waals surface area contributed by atoms with Crippen LogP contribution in [0.3, 0.4) is 0 Å². The number of fused-ring (bicyclic) bond motifs is 1. The lowest BCUT2D eigenvalue weighted by Gasteiger charge is -2.15. The molecule has 0 unspecified atom stereocenters. The Balaban J connectivity index is 2.23. The van der Waals surface area contributed by atoms with Crippen molar-refractivity contribution in [3.8, 4) is 6.07 Å². The maximum absolute atomic E-state index is 9.00. The van der Waals surface area contributed by atoms with E-state index in [9.17, 15) is 0 Å². The average molecular weight is 247 g/mol. The van der Waals surface area contributed by atoms with Crippen LogP contribution >= 0.6 is 11.6 Å². The van der Waals surface area contributed by atoms with Gasteiger partial charge in [-0.15, -0.1) is 0 Å². The van der Waals surface area contributed by atoms with E-state index in [0.29, 0.717) is 0 Å². The van der Waals surface area contributed by atoms with E-state index in [1.165, 1.54) is 5.52 Å². The molecule has 2 aromatic rings. The molecule has 0 N–H and O–H groups in total. The topological polar surface area (TPSA) is 28.7 Å². The van der Waals surface area contributed by atoms with Crippen molar-refractivity contribution >= 4 is 22.5 Å². The Hall–Kier alpha value is -1.46. The Kier molecular flexibility index (Phi) is 3.13. The Bertz CT molecular complexity index is 575. The number of benzene rings is 1. The van der Waals surface area contributed by atoms with Gasteiger partial charge >= 0.3 is 0 Å². The minimum absolute atomic E-state index is 0.275. The van der Waals surface area contributed by atoms with E-state index in [1.54, 1.807) is 0 Å². The van der Waals surface area contributed by atoms with Crippen molar-refractivity contribution < 1.29 is 0 Å². The first-order chi connectivity index (χ1) is 8.02. The molecule has 17 heavy (non-hydrogen) atoms. The third kappa shape index (κ3) is 2.62. The fraction of sp³-hybridized carbons (Fsp3) is 0.357. The predicted octanol–water partition coefficient (Wildman–Crippen LogP) is 4.23. The third-order valence-electron chi connectivity index (χ3n) is 3.01. The summed E-state index contributed by atoms with van der Waals surface area (Å²) in [6.45, 7) is 4.79. The number of rotatable bonds is 3. The van der Waals surface area contributed by atoms with E-state index >= 15 is 0 Å². The number of hydrogen-bond acceptors (Lipinski definition) is 1. The van der Waals surface area contributed by atoms with Crippen molar-refractivity contribution in [3.63, 3.8) is 0 Å². The molecule has 1 aromatic carbocycles. The first kappa shape index (κ1) is 12.0. The van der Waals surface area contributed by atoms with Crippen LogP contribution in [0.15, 0.2) is 30.5 Å². The summed E-state index contributed by atoms with van der Waals surface area (Å²) in [7, 11) is 0. The van der Waals surface area contributed by atoms with Gasteiger partial charge in [0.05, 0.1) is 11.5 Å². The van der Waals surface area contributed by atoms with E-state index in [2.05, 4.69) is 22.9 Å². The zero-order valence-corrected chi connectivity index (χ0v) is 10.8. The van der Waals surface area contributed by atoms with Gasteiger partial charge in [0.25, 0.3) is 0 Å². The van der Waals surface area contributed by atoms with E-state index in [0.717, 1.165) is 23.4 Å². The van der Waals surface area contributed by atoms with Gasteiger partial charge in [-0.25, -0.2) is 0 Å². The Labute approximate surface area is 106 Å². The zero-order valence-electron chi connectivity index (χ0n) is 10.1. The van der Waals surface area contributed by atoms with Crippen LogP contribution in [-0.4, -0.2) is 4.57 Å². The highest BCUT2D eigenvalue weighted by atomic mass is 35.5. The molecule has 0 fully saturated rings. The molecule has 0 aliphatic carbocycles. The van der Waals surface area contributed by atoms with Gasteiger partial charge in [-0.05, 0) is 44.5 Å². The number of nitriles is 1. The molecule has 0 aliphatic rings. The fourth-order valence-electron chi connectivity index (χ4n) is 1.82. The quantitative estimate of drug-likeness (QED) is 0.797. The molecule has 2 rings (SSSR count).